The number of aromatic nitrogens is 2. The van der Waals surface area contributed by atoms with Crippen LogP contribution in [-0.4, -0.2) is 86.5 Å². The highest BCUT2D eigenvalue weighted by atomic mass is 32.2. The average Bonchev–Trinajstić information content (AvgIpc) is 3.35. The molecule has 1 atom stereocenters. The first-order chi connectivity index (χ1) is 15.5. The predicted molar refractivity (Wildman–Crippen MR) is 117 cm³/mol. The number of anilines is 1. The van der Waals surface area contributed by atoms with Crippen LogP contribution in [0.5, 0.6) is 11.5 Å². The fourth-order valence-electron chi connectivity index (χ4n) is 4.18. The third-order valence-electron chi connectivity index (χ3n) is 5.87. The van der Waals surface area contributed by atoms with Crippen LogP contribution in [0.25, 0.3) is 0 Å². The number of rotatable bonds is 6. The zero-order valence-electron chi connectivity index (χ0n) is 18.2. The fourth-order valence-corrected chi connectivity index (χ4v) is 6.00. The molecule has 3 heterocycles. The van der Waals surface area contributed by atoms with Crippen molar-refractivity contribution in [1.82, 2.24) is 19.2 Å². The van der Waals surface area contributed by atoms with Crippen LogP contribution in [0.15, 0.2) is 41.6 Å². The molecule has 11 heteroatoms. The normalized spacial score (nSPS) is 19.8. The molecule has 2 aliphatic heterocycles. The van der Waals surface area contributed by atoms with Crippen LogP contribution in [0.4, 0.5) is 5.95 Å². The Hall–Kier alpha value is -2.92. The Morgan fingerprint density at radius 3 is 2.41 bits per heavy atom. The van der Waals surface area contributed by atoms with Gasteiger partial charge in [0.25, 0.3) is 0 Å². The summed E-state index contributed by atoms with van der Waals surface area (Å²) >= 11 is 0. The van der Waals surface area contributed by atoms with E-state index in [1.807, 2.05) is 4.90 Å². The molecule has 0 aliphatic carbocycles. The van der Waals surface area contributed by atoms with E-state index in [0.717, 1.165) is 0 Å². The smallest absolute Gasteiger partial charge is 0.247 e. The lowest BCUT2D eigenvalue weighted by Crippen LogP contribution is -2.54. The Balaban J connectivity index is 1.51. The van der Waals surface area contributed by atoms with Gasteiger partial charge in [0.2, 0.25) is 21.9 Å². The largest absolute Gasteiger partial charge is 0.497 e. The lowest BCUT2D eigenvalue weighted by atomic mass is 10.2. The van der Waals surface area contributed by atoms with Crippen molar-refractivity contribution in [2.24, 2.45) is 0 Å². The second-order valence-electron chi connectivity index (χ2n) is 7.65. The molecule has 4 rings (SSSR count). The molecule has 0 bridgehead atoms. The molecule has 2 saturated heterocycles. The summed E-state index contributed by atoms with van der Waals surface area (Å²) in [6.07, 6.45) is 4.49. The first kappa shape index (κ1) is 22.3. The number of amides is 1. The van der Waals surface area contributed by atoms with Crippen LogP contribution >= 0.6 is 0 Å². The van der Waals surface area contributed by atoms with E-state index in [1.54, 1.807) is 35.5 Å². The Bertz CT molecular complexity index is 1060. The topological polar surface area (TPSA) is 105 Å². The lowest BCUT2D eigenvalue weighted by Gasteiger charge is -2.37. The number of hydrogen-bond acceptors (Lipinski definition) is 8. The number of carbonyl (C=O) groups excluding carboxylic acids is 1. The van der Waals surface area contributed by atoms with E-state index in [2.05, 4.69) is 9.97 Å². The Labute approximate surface area is 187 Å². The Kier molecular flexibility index (Phi) is 6.47. The van der Waals surface area contributed by atoms with Gasteiger partial charge in [-0.05, 0) is 31.0 Å². The second-order valence-corrected chi connectivity index (χ2v) is 9.51. The Morgan fingerprint density at radius 2 is 1.75 bits per heavy atom. The van der Waals surface area contributed by atoms with Gasteiger partial charge in [-0.2, -0.15) is 4.31 Å². The van der Waals surface area contributed by atoms with E-state index in [4.69, 9.17) is 9.47 Å². The monoisotopic (exact) mass is 461 g/mol. The number of methoxy groups -OCH3 is 2. The molecule has 1 unspecified atom stereocenters. The minimum atomic E-state index is -3.95. The summed E-state index contributed by atoms with van der Waals surface area (Å²) in [5, 5.41) is 0. The molecule has 32 heavy (non-hydrogen) atoms. The summed E-state index contributed by atoms with van der Waals surface area (Å²) < 4.78 is 38.8. The minimum Gasteiger partial charge on any atom is -0.497 e. The van der Waals surface area contributed by atoms with Gasteiger partial charge in [0, 0.05) is 51.2 Å². The van der Waals surface area contributed by atoms with Gasteiger partial charge in [0.15, 0.2) is 0 Å². The highest BCUT2D eigenvalue weighted by Gasteiger charge is 2.42. The number of piperazine rings is 1. The van der Waals surface area contributed by atoms with Crippen molar-refractivity contribution < 1.29 is 22.7 Å². The number of hydrogen-bond donors (Lipinski definition) is 0. The summed E-state index contributed by atoms with van der Waals surface area (Å²) in [7, 11) is -1.06. The molecule has 2 fully saturated rings. The van der Waals surface area contributed by atoms with E-state index in [9.17, 15) is 13.2 Å². The number of ether oxygens (including phenoxy) is 2. The SMILES string of the molecule is COc1ccc(OC)c(S(=O)(=O)N2CCCC2C(=O)N2CCN(c3ncccn3)CC2)c1. The van der Waals surface area contributed by atoms with E-state index in [0.29, 0.717) is 50.7 Å². The summed E-state index contributed by atoms with van der Waals surface area (Å²) in [4.78, 5) is 25.6. The van der Waals surface area contributed by atoms with Crippen molar-refractivity contribution in [2.45, 2.75) is 23.8 Å². The van der Waals surface area contributed by atoms with Gasteiger partial charge in [-0.25, -0.2) is 18.4 Å². The van der Waals surface area contributed by atoms with Crippen LogP contribution in [0.3, 0.4) is 0 Å². The van der Waals surface area contributed by atoms with E-state index < -0.39 is 16.1 Å². The third kappa shape index (κ3) is 4.22. The van der Waals surface area contributed by atoms with Crippen molar-refractivity contribution in [2.75, 3.05) is 51.8 Å². The van der Waals surface area contributed by atoms with Crippen LogP contribution < -0.4 is 14.4 Å². The molecule has 0 N–H and O–H groups in total. The maximum atomic E-state index is 13.5. The van der Waals surface area contributed by atoms with E-state index in [1.165, 1.54) is 24.6 Å². The highest BCUT2D eigenvalue weighted by molar-refractivity contribution is 7.89. The molecule has 0 spiro atoms. The van der Waals surface area contributed by atoms with Gasteiger partial charge in [-0.3, -0.25) is 4.79 Å². The highest BCUT2D eigenvalue weighted by Crippen LogP contribution is 2.34. The number of nitrogens with zero attached hydrogens (tertiary/aromatic N) is 5. The van der Waals surface area contributed by atoms with E-state index >= 15 is 0 Å². The molecule has 1 aromatic heterocycles. The lowest BCUT2D eigenvalue weighted by molar-refractivity contribution is -0.134. The summed E-state index contributed by atoms with van der Waals surface area (Å²) in [5.74, 6) is 1.10. The van der Waals surface area contributed by atoms with Gasteiger partial charge in [0.05, 0.1) is 14.2 Å². The molecular weight excluding hydrogens is 434 g/mol. The van der Waals surface area contributed by atoms with Crippen molar-refractivity contribution in [3.63, 3.8) is 0 Å². The van der Waals surface area contributed by atoms with Crippen molar-refractivity contribution in [3.8, 4) is 11.5 Å². The molecule has 1 aromatic carbocycles. The number of carbonyl (C=O) groups is 1. The van der Waals surface area contributed by atoms with Crippen LogP contribution in [0.2, 0.25) is 0 Å². The van der Waals surface area contributed by atoms with Crippen molar-refractivity contribution in [3.05, 3.63) is 36.7 Å². The van der Waals surface area contributed by atoms with Crippen LogP contribution in [0, 0.1) is 0 Å². The molecule has 0 saturated carbocycles. The maximum absolute atomic E-state index is 13.5. The standard InChI is InChI=1S/C21H27N5O5S/c1-30-16-6-7-18(31-2)19(15-16)32(28,29)26-10-3-5-17(26)20(27)24-11-13-25(14-12-24)21-22-8-4-9-23-21/h4,6-9,15,17H,3,5,10-14H2,1-2H3. The molecular formula is C21H27N5O5S. The number of benzene rings is 1. The zero-order chi connectivity index (χ0) is 22.7. The van der Waals surface area contributed by atoms with Crippen molar-refractivity contribution in [1.29, 1.82) is 0 Å². The summed E-state index contributed by atoms with van der Waals surface area (Å²) in [5.41, 5.74) is 0. The molecule has 10 nitrogen and oxygen atoms in total. The minimum absolute atomic E-state index is 0.00472. The molecule has 1 amide bonds. The molecule has 0 radical (unpaired) electrons. The van der Waals surface area contributed by atoms with Crippen molar-refractivity contribution >= 4 is 21.9 Å². The fraction of sp³-hybridized carbons (Fsp3) is 0.476. The second kappa shape index (κ2) is 9.29. The summed E-state index contributed by atoms with van der Waals surface area (Å²) in [6.45, 7) is 2.46. The molecule has 2 aromatic rings. The maximum Gasteiger partial charge on any atom is 0.247 e. The van der Waals surface area contributed by atoms with Gasteiger partial charge in [0.1, 0.15) is 22.4 Å². The van der Waals surface area contributed by atoms with Crippen LogP contribution in [-0.2, 0) is 14.8 Å². The average molecular weight is 462 g/mol. The van der Waals surface area contributed by atoms with Gasteiger partial charge in [-0.15, -0.1) is 0 Å². The summed E-state index contributed by atoms with van der Waals surface area (Å²) in [6, 6.07) is 5.67. The Morgan fingerprint density at radius 1 is 1.03 bits per heavy atom. The van der Waals surface area contributed by atoms with Gasteiger partial charge < -0.3 is 19.3 Å². The van der Waals surface area contributed by atoms with Gasteiger partial charge in [-0.1, -0.05) is 0 Å². The zero-order valence-corrected chi connectivity index (χ0v) is 19.0. The molecule has 2 aliphatic rings. The first-order valence-corrected chi connectivity index (χ1v) is 11.9. The molecule has 172 valence electrons. The van der Waals surface area contributed by atoms with Gasteiger partial charge >= 0.3 is 0 Å². The quantitative estimate of drug-likeness (QED) is 0.627. The third-order valence-corrected chi connectivity index (χ3v) is 7.80. The predicted octanol–water partition coefficient (Wildman–Crippen LogP) is 0.996. The first-order valence-electron chi connectivity index (χ1n) is 10.5. The number of sulfonamides is 1. The van der Waals surface area contributed by atoms with E-state index in [-0.39, 0.29) is 23.1 Å². The van der Waals surface area contributed by atoms with Crippen LogP contribution in [0.1, 0.15) is 12.8 Å².